The molecule has 1 N–H and O–H groups in total. The Hall–Kier alpha value is -3.17. The van der Waals surface area contributed by atoms with Gasteiger partial charge < -0.3 is 19.1 Å². The van der Waals surface area contributed by atoms with Crippen molar-refractivity contribution >= 4 is 11.7 Å². The second kappa shape index (κ2) is 8.45. The first-order valence-corrected chi connectivity index (χ1v) is 13.1. The highest BCUT2D eigenvalue weighted by atomic mass is 16.6. The molecule has 1 aliphatic heterocycles. The SMILES string of the molecule is CC(C)(C)OC(=O)N1CCC(c2cc(=O)[nH]c3c(-c4noc(C56CCC(CC5)CC6)n4)cnn23)CC1. The number of hydrogen-bond donors (Lipinski definition) is 1. The van der Waals surface area contributed by atoms with Crippen molar-refractivity contribution < 1.29 is 14.1 Å². The van der Waals surface area contributed by atoms with Gasteiger partial charge in [0.15, 0.2) is 0 Å². The first kappa shape index (κ1) is 23.2. The van der Waals surface area contributed by atoms with Crippen molar-refractivity contribution in [2.75, 3.05) is 13.1 Å². The van der Waals surface area contributed by atoms with Crippen LogP contribution in [0.3, 0.4) is 0 Å². The average Bonchev–Trinajstić information content (AvgIpc) is 3.51. The van der Waals surface area contributed by atoms with Crippen LogP contribution in [0.2, 0.25) is 0 Å². The lowest BCUT2D eigenvalue weighted by molar-refractivity contribution is 0.0203. The number of aromatic amines is 1. The van der Waals surface area contributed by atoms with Gasteiger partial charge in [-0.05, 0) is 78.1 Å². The maximum absolute atomic E-state index is 12.7. The predicted molar refractivity (Wildman–Crippen MR) is 132 cm³/mol. The Balaban J connectivity index is 1.25. The molecule has 192 valence electrons. The maximum Gasteiger partial charge on any atom is 0.410 e. The smallest absolute Gasteiger partial charge is 0.410 e. The molecule has 0 radical (unpaired) electrons. The fraction of sp³-hybridized carbons (Fsp3) is 0.654. The lowest BCUT2D eigenvalue weighted by Crippen LogP contribution is -2.41. The molecular weight excluding hydrogens is 460 g/mol. The first-order chi connectivity index (χ1) is 17.2. The number of aromatic nitrogens is 5. The minimum absolute atomic E-state index is 0.00362. The summed E-state index contributed by atoms with van der Waals surface area (Å²) >= 11 is 0. The third-order valence-electron chi connectivity index (χ3n) is 8.31. The molecule has 4 fully saturated rings. The number of nitrogens with one attached hydrogen (secondary N) is 1. The largest absolute Gasteiger partial charge is 0.444 e. The van der Waals surface area contributed by atoms with Gasteiger partial charge in [0, 0.05) is 30.5 Å². The molecule has 36 heavy (non-hydrogen) atoms. The second-order valence-corrected chi connectivity index (χ2v) is 11.8. The van der Waals surface area contributed by atoms with Crippen molar-refractivity contribution in [2.24, 2.45) is 5.92 Å². The van der Waals surface area contributed by atoms with E-state index in [1.807, 2.05) is 20.8 Å². The molecule has 10 nitrogen and oxygen atoms in total. The Morgan fingerprint density at radius 3 is 2.50 bits per heavy atom. The van der Waals surface area contributed by atoms with E-state index in [1.54, 1.807) is 21.7 Å². The van der Waals surface area contributed by atoms with E-state index in [1.165, 1.54) is 19.3 Å². The van der Waals surface area contributed by atoms with Gasteiger partial charge in [-0.25, -0.2) is 9.31 Å². The summed E-state index contributed by atoms with van der Waals surface area (Å²) in [7, 11) is 0. The van der Waals surface area contributed by atoms with Gasteiger partial charge >= 0.3 is 6.09 Å². The molecule has 7 rings (SSSR count). The molecule has 0 spiro atoms. The lowest BCUT2D eigenvalue weighted by Gasteiger charge is -2.43. The topological polar surface area (TPSA) is 119 Å². The zero-order valence-electron chi connectivity index (χ0n) is 21.2. The highest BCUT2D eigenvalue weighted by molar-refractivity contribution is 5.72. The van der Waals surface area contributed by atoms with E-state index in [0.29, 0.717) is 30.1 Å². The van der Waals surface area contributed by atoms with Crippen LogP contribution in [0.25, 0.3) is 17.0 Å². The molecule has 0 unspecified atom stereocenters. The van der Waals surface area contributed by atoms with Crippen LogP contribution in [0.5, 0.6) is 0 Å². The monoisotopic (exact) mass is 494 g/mol. The predicted octanol–water partition coefficient (Wildman–Crippen LogP) is 4.41. The number of fused-ring (bicyclic) bond motifs is 4. The lowest BCUT2D eigenvalue weighted by atomic mass is 9.60. The number of nitrogens with zero attached hydrogens (tertiary/aromatic N) is 5. The van der Waals surface area contributed by atoms with Crippen molar-refractivity contribution in [3.05, 3.63) is 34.2 Å². The summed E-state index contributed by atoms with van der Waals surface area (Å²) in [5.41, 5.74) is 1.35. The summed E-state index contributed by atoms with van der Waals surface area (Å²) in [4.78, 5) is 34.6. The molecule has 3 aromatic heterocycles. The van der Waals surface area contributed by atoms with Gasteiger partial charge in [0.25, 0.3) is 5.56 Å². The Morgan fingerprint density at radius 2 is 1.83 bits per heavy atom. The molecule has 1 amide bonds. The molecule has 10 heteroatoms. The number of ether oxygens (including phenoxy) is 1. The third kappa shape index (κ3) is 4.10. The van der Waals surface area contributed by atoms with Gasteiger partial charge in [0.1, 0.15) is 11.2 Å². The van der Waals surface area contributed by atoms with Crippen LogP contribution in [-0.4, -0.2) is 54.4 Å². The minimum atomic E-state index is -0.524. The first-order valence-electron chi connectivity index (χ1n) is 13.1. The van der Waals surface area contributed by atoms with E-state index in [0.717, 1.165) is 49.6 Å². The molecule has 3 aliphatic carbocycles. The van der Waals surface area contributed by atoms with Crippen LogP contribution < -0.4 is 5.56 Å². The van der Waals surface area contributed by atoms with Crippen LogP contribution in [0, 0.1) is 5.92 Å². The molecule has 4 heterocycles. The fourth-order valence-electron chi connectivity index (χ4n) is 6.27. The average molecular weight is 495 g/mol. The molecule has 3 aromatic rings. The number of H-pyrrole nitrogens is 1. The van der Waals surface area contributed by atoms with E-state index in [9.17, 15) is 9.59 Å². The van der Waals surface area contributed by atoms with Crippen LogP contribution in [0.1, 0.15) is 89.6 Å². The van der Waals surface area contributed by atoms with E-state index in [2.05, 4.69) is 15.2 Å². The quantitative estimate of drug-likeness (QED) is 0.573. The van der Waals surface area contributed by atoms with Gasteiger partial charge in [-0.2, -0.15) is 10.1 Å². The highest BCUT2D eigenvalue weighted by Gasteiger charge is 2.45. The third-order valence-corrected chi connectivity index (χ3v) is 8.31. The zero-order chi connectivity index (χ0) is 25.1. The van der Waals surface area contributed by atoms with Crippen LogP contribution in [0.15, 0.2) is 21.6 Å². The number of amides is 1. The van der Waals surface area contributed by atoms with Gasteiger partial charge in [-0.15, -0.1) is 0 Å². The van der Waals surface area contributed by atoms with Gasteiger partial charge in [-0.1, -0.05) is 5.16 Å². The van der Waals surface area contributed by atoms with Crippen molar-refractivity contribution in [3.8, 4) is 11.4 Å². The second-order valence-electron chi connectivity index (χ2n) is 11.8. The number of piperidine rings is 1. The molecular formula is C26H34N6O4. The fourth-order valence-corrected chi connectivity index (χ4v) is 6.27. The number of rotatable bonds is 3. The summed E-state index contributed by atoms with van der Waals surface area (Å²) in [6.45, 7) is 6.74. The number of carbonyl (C=O) groups excluding carboxylic acids is 1. The molecule has 2 bridgehead atoms. The number of likely N-dealkylation sites (tertiary alicyclic amines) is 1. The Kier molecular flexibility index (Phi) is 5.46. The summed E-state index contributed by atoms with van der Waals surface area (Å²) < 4.78 is 13.1. The zero-order valence-corrected chi connectivity index (χ0v) is 21.2. The van der Waals surface area contributed by atoms with Gasteiger partial charge in [0.05, 0.1) is 17.5 Å². The Bertz CT molecular complexity index is 1320. The minimum Gasteiger partial charge on any atom is -0.444 e. The molecule has 4 aliphatic rings. The Labute approximate surface area is 209 Å². The normalized spacial score (nSPS) is 25.0. The van der Waals surface area contributed by atoms with E-state index >= 15 is 0 Å². The van der Waals surface area contributed by atoms with Gasteiger partial charge in [-0.3, -0.25) is 4.79 Å². The van der Waals surface area contributed by atoms with Crippen molar-refractivity contribution in [1.82, 2.24) is 29.6 Å². The summed E-state index contributed by atoms with van der Waals surface area (Å²) in [6, 6.07) is 1.61. The van der Waals surface area contributed by atoms with E-state index in [-0.39, 0.29) is 23.0 Å². The molecule has 1 saturated heterocycles. The van der Waals surface area contributed by atoms with Crippen LogP contribution in [0.4, 0.5) is 4.79 Å². The number of carbonyl (C=O) groups is 1. The standard InChI is InChI=1S/C26H34N6O4/c1-25(2,3)35-24(34)31-12-7-17(8-13-31)19-14-20(33)28-22-18(15-27-32(19)22)21-29-23(36-30-21)26-9-4-16(5-10-26)6-11-26/h14-17H,4-13H2,1-3H3,(H,28,33). The van der Waals surface area contributed by atoms with Gasteiger partial charge in [0.2, 0.25) is 11.7 Å². The highest BCUT2D eigenvalue weighted by Crippen LogP contribution is 2.51. The number of hydrogen-bond acceptors (Lipinski definition) is 7. The summed E-state index contributed by atoms with van der Waals surface area (Å²) in [6.07, 6.45) is 9.89. The van der Waals surface area contributed by atoms with Crippen molar-refractivity contribution in [3.63, 3.8) is 0 Å². The van der Waals surface area contributed by atoms with Crippen LogP contribution >= 0.6 is 0 Å². The summed E-state index contributed by atoms with van der Waals surface area (Å²) in [5, 5.41) is 8.91. The van der Waals surface area contributed by atoms with E-state index < -0.39 is 5.60 Å². The van der Waals surface area contributed by atoms with Crippen molar-refractivity contribution in [1.29, 1.82) is 0 Å². The molecule has 0 atom stereocenters. The molecule has 3 saturated carbocycles. The van der Waals surface area contributed by atoms with E-state index in [4.69, 9.17) is 14.2 Å². The van der Waals surface area contributed by atoms with Crippen molar-refractivity contribution in [2.45, 2.75) is 89.1 Å². The van der Waals surface area contributed by atoms with Crippen LogP contribution in [-0.2, 0) is 10.2 Å². The molecule has 0 aromatic carbocycles. The maximum atomic E-state index is 12.7. The summed E-state index contributed by atoms with van der Waals surface area (Å²) in [5.74, 6) is 2.14. The Morgan fingerprint density at radius 1 is 1.14 bits per heavy atom.